The fraction of sp³-hybridized carbons (Fsp3) is 0.143. The molecule has 172 valence electrons. The maximum absolute atomic E-state index is 11.8. The van der Waals surface area contributed by atoms with E-state index in [0.717, 1.165) is 11.1 Å². The largest absolute Gasteiger partial charge is 0.348 e. The number of pyridine rings is 2. The third-order valence-corrected chi connectivity index (χ3v) is 5.07. The lowest BCUT2D eigenvalue weighted by Crippen LogP contribution is -2.28. The summed E-state index contributed by atoms with van der Waals surface area (Å²) in [5, 5.41) is 5.77. The van der Waals surface area contributed by atoms with Crippen LogP contribution >= 0.6 is 0 Å². The van der Waals surface area contributed by atoms with Crippen LogP contribution in [0.4, 0.5) is 0 Å². The van der Waals surface area contributed by atoms with E-state index in [-0.39, 0.29) is 11.8 Å². The molecule has 34 heavy (non-hydrogen) atoms. The van der Waals surface area contributed by atoms with Gasteiger partial charge in [0.05, 0.1) is 11.1 Å². The number of carbonyl (C=O) groups excluding carboxylic acids is 2. The van der Waals surface area contributed by atoms with Crippen molar-refractivity contribution < 1.29 is 18.7 Å². The first-order valence-corrected chi connectivity index (χ1v) is 11.1. The molecule has 0 atom stereocenters. The van der Waals surface area contributed by atoms with Crippen molar-refractivity contribution in [3.05, 3.63) is 132 Å². The minimum atomic E-state index is -0.0468. The molecule has 0 radical (unpaired) electrons. The average molecular weight is 455 g/mol. The standard InChI is InChI=1S/2C14H14N2O/c2*1-16-9-7-13(8-10-16)14(17)15-11-12-5-3-2-4-6-12/h2*2-10H,11H2,1H3/p+2. The summed E-state index contributed by atoms with van der Waals surface area (Å²) < 4.78 is 3.79. The molecule has 6 heteroatoms. The van der Waals surface area contributed by atoms with Crippen LogP contribution in [0.1, 0.15) is 31.8 Å². The van der Waals surface area contributed by atoms with Crippen molar-refractivity contribution in [3.63, 3.8) is 0 Å². The van der Waals surface area contributed by atoms with Gasteiger partial charge in [-0.2, -0.15) is 0 Å². The molecular formula is C28H30N4O2+2. The number of benzene rings is 2. The molecule has 4 rings (SSSR count). The number of aromatic nitrogens is 2. The molecule has 4 aromatic rings. The van der Waals surface area contributed by atoms with Crippen LogP contribution in [0.25, 0.3) is 0 Å². The van der Waals surface area contributed by atoms with Crippen LogP contribution < -0.4 is 19.8 Å². The Morgan fingerprint density at radius 2 is 0.882 bits per heavy atom. The van der Waals surface area contributed by atoms with Gasteiger partial charge >= 0.3 is 0 Å². The second-order valence-electron chi connectivity index (χ2n) is 7.84. The van der Waals surface area contributed by atoms with E-state index >= 15 is 0 Å². The summed E-state index contributed by atoms with van der Waals surface area (Å²) in [6.07, 6.45) is 7.43. The van der Waals surface area contributed by atoms with Gasteiger partial charge in [0.25, 0.3) is 11.8 Å². The Morgan fingerprint density at radius 3 is 1.21 bits per heavy atom. The van der Waals surface area contributed by atoms with E-state index in [0.29, 0.717) is 24.2 Å². The number of hydrogen-bond donors (Lipinski definition) is 2. The van der Waals surface area contributed by atoms with Crippen LogP contribution in [0, 0.1) is 0 Å². The van der Waals surface area contributed by atoms with Crippen molar-refractivity contribution in [2.45, 2.75) is 13.1 Å². The number of aryl methyl sites for hydroxylation is 2. The molecule has 0 aliphatic heterocycles. The van der Waals surface area contributed by atoms with Gasteiger partial charge in [0, 0.05) is 37.4 Å². The van der Waals surface area contributed by atoms with Gasteiger partial charge in [0.1, 0.15) is 14.1 Å². The van der Waals surface area contributed by atoms with Gasteiger partial charge in [0.15, 0.2) is 24.8 Å². The maximum atomic E-state index is 11.8. The van der Waals surface area contributed by atoms with Crippen LogP contribution in [0.2, 0.25) is 0 Å². The number of nitrogens with zero attached hydrogens (tertiary/aromatic N) is 2. The first kappa shape index (κ1) is 24.3. The average Bonchev–Trinajstić information content (AvgIpc) is 2.88. The maximum Gasteiger partial charge on any atom is 0.252 e. The third-order valence-electron chi connectivity index (χ3n) is 5.07. The Morgan fingerprint density at radius 1 is 0.559 bits per heavy atom. The molecule has 0 spiro atoms. The monoisotopic (exact) mass is 454 g/mol. The first-order valence-electron chi connectivity index (χ1n) is 11.1. The quantitative estimate of drug-likeness (QED) is 0.440. The van der Waals surface area contributed by atoms with Crippen LogP contribution in [-0.2, 0) is 27.2 Å². The predicted octanol–water partition coefficient (Wildman–Crippen LogP) is 2.88. The van der Waals surface area contributed by atoms with Crippen molar-refractivity contribution in [2.24, 2.45) is 14.1 Å². The zero-order valence-corrected chi connectivity index (χ0v) is 19.5. The topological polar surface area (TPSA) is 66.0 Å². The molecule has 2 amide bonds. The molecule has 2 heterocycles. The van der Waals surface area contributed by atoms with Crippen LogP contribution in [0.5, 0.6) is 0 Å². The number of rotatable bonds is 6. The third kappa shape index (κ3) is 7.98. The smallest absolute Gasteiger partial charge is 0.252 e. The summed E-state index contributed by atoms with van der Waals surface area (Å²) in [5.41, 5.74) is 3.56. The molecular weight excluding hydrogens is 424 g/mol. The van der Waals surface area contributed by atoms with Crippen molar-refractivity contribution >= 4 is 11.8 Å². The lowest BCUT2D eigenvalue weighted by atomic mass is 10.2. The highest BCUT2D eigenvalue weighted by atomic mass is 16.2. The highest BCUT2D eigenvalue weighted by Gasteiger charge is 2.07. The fourth-order valence-corrected chi connectivity index (χ4v) is 3.07. The molecule has 0 saturated carbocycles. The summed E-state index contributed by atoms with van der Waals surface area (Å²) in [4.78, 5) is 23.6. The van der Waals surface area contributed by atoms with Crippen LogP contribution in [-0.4, -0.2) is 11.8 Å². The SMILES string of the molecule is C[n+]1ccc(C(=O)NCc2ccccc2)cc1.C[n+]1ccc(C(=O)NCc2ccccc2)cc1. The summed E-state index contributed by atoms with van der Waals surface area (Å²) in [7, 11) is 3.84. The molecule has 0 bridgehead atoms. The Bertz CT molecular complexity index is 1080. The highest BCUT2D eigenvalue weighted by molar-refractivity contribution is 5.94. The molecule has 0 aliphatic rings. The van der Waals surface area contributed by atoms with Crippen LogP contribution in [0.3, 0.4) is 0 Å². The minimum absolute atomic E-state index is 0.0468. The lowest BCUT2D eigenvalue weighted by molar-refractivity contribution is -0.671. The zero-order chi connectivity index (χ0) is 24.2. The number of amides is 2. The van der Waals surface area contributed by atoms with E-state index in [1.807, 2.05) is 109 Å². The van der Waals surface area contributed by atoms with E-state index in [4.69, 9.17) is 0 Å². The number of nitrogens with one attached hydrogen (secondary N) is 2. The number of hydrogen-bond acceptors (Lipinski definition) is 2. The lowest BCUT2D eigenvalue weighted by Gasteiger charge is -2.04. The van der Waals surface area contributed by atoms with E-state index in [2.05, 4.69) is 10.6 Å². The zero-order valence-electron chi connectivity index (χ0n) is 19.5. The molecule has 0 saturated heterocycles. The molecule has 0 unspecified atom stereocenters. The van der Waals surface area contributed by atoms with Gasteiger partial charge in [0.2, 0.25) is 0 Å². The van der Waals surface area contributed by atoms with Gasteiger partial charge in [-0.05, 0) is 11.1 Å². The Hall–Kier alpha value is -4.32. The molecule has 2 N–H and O–H groups in total. The van der Waals surface area contributed by atoms with Crippen molar-refractivity contribution in [1.29, 1.82) is 0 Å². The summed E-state index contributed by atoms with van der Waals surface area (Å²) in [5.74, 6) is -0.0936. The summed E-state index contributed by atoms with van der Waals surface area (Å²) in [6, 6.07) is 27.0. The van der Waals surface area contributed by atoms with Gasteiger partial charge in [-0.25, -0.2) is 9.13 Å². The first-order chi connectivity index (χ1) is 16.5. The van der Waals surface area contributed by atoms with Gasteiger partial charge in [-0.15, -0.1) is 0 Å². The number of carbonyl (C=O) groups is 2. The highest BCUT2D eigenvalue weighted by Crippen LogP contribution is 2.01. The molecule has 6 nitrogen and oxygen atoms in total. The van der Waals surface area contributed by atoms with Crippen molar-refractivity contribution in [2.75, 3.05) is 0 Å². The molecule has 0 aliphatic carbocycles. The predicted molar refractivity (Wildman–Crippen MR) is 130 cm³/mol. The molecule has 2 aromatic carbocycles. The molecule has 0 fully saturated rings. The minimum Gasteiger partial charge on any atom is -0.348 e. The van der Waals surface area contributed by atoms with Gasteiger partial charge in [-0.1, -0.05) is 60.7 Å². The fourth-order valence-electron chi connectivity index (χ4n) is 3.07. The van der Waals surface area contributed by atoms with Gasteiger partial charge in [-0.3, -0.25) is 9.59 Å². The van der Waals surface area contributed by atoms with Gasteiger partial charge < -0.3 is 10.6 Å². The van der Waals surface area contributed by atoms with Crippen molar-refractivity contribution in [1.82, 2.24) is 10.6 Å². The second-order valence-corrected chi connectivity index (χ2v) is 7.84. The van der Waals surface area contributed by atoms with E-state index in [1.54, 1.807) is 24.3 Å². The molecule has 2 aromatic heterocycles. The normalized spacial score (nSPS) is 9.94. The Labute approximate surface area is 200 Å². The van der Waals surface area contributed by atoms with E-state index in [9.17, 15) is 9.59 Å². The summed E-state index contributed by atoms with van der Waals surface area (Å²) in [6.45, 7) is 1.11. The van der Waals surface area contributed by atoms with Crippen molar-refractivity contribution in [3.8, 4) is 0 Å². The van der Waals surface area contributed by atoms with E-state index < -0.39 is 0 Å². The Balaban J connectivity index is 0.000000191. The van der Waals surface area contributed by atoms with Crippen LogP contribution in [0.15, 0.2) is 110 Å². The summed E-state index contributed by atoms with van der Waals surface area (Å²) >= 11 is 0. The second kappa shape index (κ2) is 12.6. The Kier molecular flexibility index (Phi) is 9.05. The van der Waals surface area contributed by atoms with E-state index in [1.165, 1.54) is 0 Å².